The van der Waals surface area contributed by atoms with Crippen molar-refractivity contribution in [3.05, 3.63) is 84.1 Å². The predicted octanol–water partition coefficient (Wildman–Crippen LogP) is 5.68. The van der Waals surface area contributed by atoms with E-state index in [4.69, 9.17) is 9.16 Å². The van der Waals surface area contributed by atoms with Crippen LogP contribution in [-0.2, 0) is 19.4 Å². The van der Waals surface area contributed by atoms with Crippen molar-refractivity contribution >= 4 is 14.3 Å². The summed E-state index contributed by atoms with van der Waals surface area (Å²) in [5, 5.41) is 0. The zero-order chi connectivity index (χ0) is 19.8. The molecule has 0 heterocycles. The molecule has 0 aliphatic rings. The Bertz CT molecular complexity index is 694. The van der Waals surface area contributed by atoms with Gasteiger partial charge in [0.25, 0.3) is 0 Å². The van der Waals surface area contributed by atoms with Gasteiger partial charge >= 0.3 is 5.97 Å². The fourth-order valence-corrected chi connectivity index (χ4v) is 3.57. The van der Waals surface area contributed by atoms with Crippen LogP contribution in [0.2, 0.25) is 19.6 Å². The highest BCUT2D eigenvalue weighted by Crippen LogP contribution is 2.38. The van der Waals surface area contributed by atoms with E-state index in [9.17, 15) is 4.79 Å². The van der Waals surface area contributed by atoms with Gasteiger partial charge in [0.15, 0.2) is 0 Å². The number of carbonyl (C=O) groups excluding carboxylic acids is 1. The van der Waals surface area contributed by atoms with Gasteiger partial charge in [-0.25, -0.2) is 0 Å². The van der Waals surface area contributed by atoms with Crippen LogP contribution >= 0.6 is 0 Å². The average molecular weight is 383 g/mol. The highest BCUT2D eigenvalue weighted by atomic mass is 28.4. The van der Waals surface area contributed by atoms with Crippen LogP contribution in [0.5, 0.6) is 0 Å². The van der Waals surface area contributed by atoms with Gasteiger partial charge in [-0.15, -0.1) is 0 Å². The van der Waals surface area contributed by atoms with E-state index < -0.39 is 13.7 Å². The molecule has 2 aromatic carbocycles. The maximum Gasteiger partial charge on any atom is 0.305 e. The van der Waals surface area contributed by atoms with E-state index >= 15 is 0 Å². The Balaban J connectivity index is 2.49. The van der Waals surface area contributed by atoms with Crippen LogP contribution in [0.4, 0.5) is 0 Å². The molecular formula is C23H30O3Si. The summed E-state index contributed by atoms with van der Waals surface area (Å²) in [4.78, 5) is 12.1. The van der Waals surface area contributed by atoms with Gasteiger partial charge in [0.1, 0.15) is 0 Å². The third kappa shape index (κ3) is 6.10. The maximum atomic E-state index is 12.1. The van der Waals surface area contributed by atoms with Crippen molar-refractivity contribution in [2.45, 2.75) is 44.8 Å². The van der Waals surface area contributed by atoms with Crippen molar-refractivity contribution in [1.29, 1.82) is 0 Å². The first kappa shape index (κ1) is 21.0. The number of carbonyl (C=O) groups is 1. The van der Waals surface area contributed by atoms with Crippen LogP contribution in [0.3, 0.4) is 0 Å². The Morgan fingerprint density at radius 1 is 0.963 bits per heavy atom. The Hall–Kier alpha value is -2.33. The third-order valence-electron chi connectivity index (χ3n) is 4.38. The van der Waals surface area contributed by atoms with E-state index in [1.54, 1.807) is 0 Å². The highest BCUT2D eigenvalue weighted by Gasteiger charge is 2.32. The minimum absolute atomic E-state index is 0.173. The van der Waals surface area contributed by atoms with Crippen molar-refractivity contribution in [2.75, 3.05) is 6.61 Å². The van der Waals surface area contributed by atoms with Crippen molar-refractivity contribution < 1.29 is 14.0 Å². The number of benzene rings is 2. The molecule has 0 atom stereocenters. The van der Waals surface area contributed by atoms with E-state index in [0.29, 0.717) is 19.4 Å². The van der Waals surface area contributed by atoms with E-state index in [1.165, 1.54) is 0 Å². The maximum absolute atomic E-state index is 12.1. The first-order chi connectivity index (χ1) is 12.9. The summed E-state index contributed by atoms with van der Waals surface area (Å²) in [5.74, 6) is -0.173. The molecule has 0 bridgehead atoms. The van der Waals surface area contributed by atoms with E-state index in [2.05, 4.69) is 50.0 Å². The van der Waals surface area contributed by atoms with E-state index in [1.807, 2.05) is 49.6 Å². The molecule has 0 saturated carbocycles. The second-order valence-corrected chi connectivity index (χ2v) is 12.0. The minimum Gasteiger partial charge on any atom is -0.550 e. The lowest BCUT2D eigenvalue weighted by molar-refractivity contribution is -0.143. The molecule has 0 saturated heterocycles. The number of hydrogen-bond acceptors (Lipinski definition) is 3. The largest absolute Gasteiger partial charge is 0.550 e. The molecule has 0 radical (unpaired) electrons. The molecule has 0 N–H and O–H groups in total. The number of hydrogen-bond donors (Lipinski definition) is 0. The van der Waals surface area contributed by atoms with Crippen molar-refractivity contribution in [3.8, 4) is 0 Å². The molecule has 0 amide bonds. The van der Waals surface area contributed by atoms with Gasteiger partial charge in [0, 0.05) is 11.8 Å². The Morgan fingerprint density at radius 2 is 1.48 bits per heavy atom. The first-order valence-corrected chi connectivity index (χ1v) is 12.9. The van der Waals surface area contributed by atoms with Gasteiger partial charge in [-0.05, 0) is 50.2 Å². The van der Waals surface area contributed by atoms with Gasteiger partial charge in [-0.1, -0.05) is 60.7 Å². The number of allylic oxidation sites excluding steroid dienone is 1. The summed E-state index contributed by atoms with van der Waals surface area (Å²) in [6.07, 6.45) is 4.90. The van der Waals surface area contributed by atoms with Crippen molar-refractivity contribution in [2.24, 2.45) is 0 Å². The molecule has 2 aromatic rings. The van der Waals surface area contributed by atoms with Gasteiger partial charge in [0.2, 0.25) is 8.32 Å². The van der Waals surface area contributed by atoms with Gasteiger partial charge < -0.3 is 9.16 Å². The molecular weight excluding hydrogens is 352 g/mol. The van der Waals surface area contributed by atoms with Gasteiger partial charge in [-0.3, -0.25) is 4.79 Å². The zero-order valence-electron chi connectivity index (χ0n) is 16.8. The van der Waals surface area contributed by atoms with Gasteiger partial charge in [-0.2, -0.15) is 0 Å². The smallest absolute Gasteiger partial charge is 0.305 e. The number of esters is 1. The van der Waals surface area contributed by atoms with Crippen LogP contribution < -0.4 is 0 Å². The first-order valence-electron chi connectivity index (χ1n) is 9.49. The van der Waals surface area contributed by atoms with Crippen LogP contribution in [0.1, 0.15) is 30.9 Å². The van der Waals surface area contributed by atoms with Crippen LogP contribution in [0.15, 0.2) is 73.0 Å². The molecule has 0 spiro atoms. The topological polar surface area (TPSA) is 35.5 Å². The molecule has 0 fully saturated rings. The normalized spacial score (nSPS) is 12.1. The fraction of sp³-hybridized carbons (Fsp3) is 0.348. The lowest BCUT2D eigenvalue weighted by Crippen LogP contribution is -2.28. The van der Waals surface area contributed by atoms with E-state index in [0.717, 1.165) is 11.1 Å². The second-order valence-electron chi connectivity index (χ2n) is 7.54. The lowest BCUT2D eigenvalue weighted by atomic mass is 9.71. The fourth-order valence-electron chi connectivity index (χ4n) is 3.09. The van der Waals surface area contributed by atoms with Crippen LogP contribution in [-0.4, -0.2) is 20.9 Å². The summed E-state index contributed by atoms with van der Waals surface area (Å²) in [5.41, 5.74) is 1.82. The average Bonchev–Trinajstić information content (AvgIpc) is 2.65. The van der Waals surface area contributed by atoms with Crippen molar-refractivity contribution in [1.82, 2.24) is 0 Å². The van der Waals surface area contributed by atoms with Crippen LogP contribution in [0.25, 0.3) is 0 Å². The quantitative estimate of drug-likeness (QED) is 0.318. The molecule has 3 nitrogen and oxygen atoms in total. The molecule has 0 aliphatic heterocycles. The summed E-state index contributed by atoms with van der Waals surface area (Å²) < 4.78 is 11.2. The molecule has 4 heteroatoms. The lowest BCUT2D eigenvalue weighted by Gasteiger charge is -2.32. The minimum atomic E-state index is -1.69. The molecule has 0 aromatic heterocycles. The summed E-state index contributed by atoms with van der Waals surface area (Å²) in [6.45, 7) is 8.70. The third-order valence-corrected chi connectivity index (χ3v) is 5.22. The number of rotatable bonds is 9. The summed E-state index contributed by atoms with van der Waals surface area (Å²) >= 11 is 0. The Morgan fingerprint density at radius 3 is 1.93 bits per heavy atom. The van der Waals surface area contributed by atoms with Crippen molar-refractivity contribution in [3.63, 3.8) is 0 Å². The molecule has 144 valence electrons. The summed E-state index contributed by atoms with van der Waals surface area (Å²) in [7, 11) is -1.69. The summed E-state index contributed by atoms with van der Waals surface area (Å²) in [6, 6.07) is 20.6. The monoisotopic (exact) mass is 382 g/mol. The molecule has 0 aliphatic carbocycles. The SMILES string of the molecule is CCOC(=O)CCC(/C=C/O[Si](C)(C)C)(c1ccccc1)c1ccccc1. The Kier molecular flexibility index (Phi) is 7.42. The predicted molar refractivity (Wildman–Crippen MR) is 113 cm³/mol. The standard InChI is InChI=1S/C23H30O3Si/c1-5-25-22(24)16-17-23(18-19-26-27(2,3)4,20-12-8-6-9-13-20)21-14-10-7-11-15-21/h6-15,18-19H,5,16-17H2,1-4H3/b19-18+. The number of ether oxygens (including phenoxy) is 1. The van der Waals surface area contributed by atoms with Gasteiger partial charge in [0.05, 0.1) is 12.9 Å². The molecule has 2 rings (SSSR count). The second kappa shape index (κ2) is 9.56. The highest BCUT2D eigenvalue weighted by molar-refractivity contribution is 6.69. The Labute approximate surface area is 164 Å². The molecule has 27 heavy (non-hydrogen) atoms. The van der Waals surface area contributed by atoms with Crippen LogP contribution in [0, 0.1) is 0 Å². The molecule has 0 unspecified atom stereocenters. The van der Waals surface area contributed by atoms with E-state index in [-0.39, 0.29) is 5.97 Å². The zero-order valence-corrected chi connectivity index (χ0v) is 17.8.